The third-order valence-electron chi connectivity index (χ3n) is 4.70. The van der Waals surface area contributed by atoms with Crippen molar-refractivity contribution >= 4 is 5.91 Å². The van der Waals surface area contributed by atoms with Crippen molar-refractivity contribution < 1.29 is 13.6 Å². The molecule has 0 aliphatic carbocycles. The van der Waals surface area contributed by atoms with E-state index >= 15 is 0 Å². The van der Waals surface area contributed by atoms with Gasteiger partial charge in [0, 0.05) is 44.6 Å². The Hall–Kier alpha value is -3.00. The molecule has 4 rings (SSSR count). The molecular formula is C19H20FN5O2. The lowest BCUT2D eigenvalue weighted by Crippen LogP contribution is -2.49. The molecular weight excluding hydrogens is 349 g/mol. The van der Waals surface area contributed by atoms with Crippen LogP contribution in [0, 0.1) is 5.82 Å². The van der Waals surface area contributed by atoms with E-state index in [1.165, 1.54) is 18.4 Å². The molecule has 0 saturated carbocycles. The number of halogens is 1. The first-order valence-electron chi connectivity index (χ1n) is 8.79. The van der Waals surface area contributed by atoms with Gasteiger partial charge >= 0.3 is 0 Å². The number of piperazine rings is 1. The number of carbonyl (C=O) groups excluding carboxylic acids is 1. The summed E-state index contributed by atoms with van der Waals surface area (Å²) in [4.78, 5) is 23.5. The summed E-state index contributed by atoms with van der Waals surface area (Å²) in [6.07, 6.45) is 5.23. The molecule has 1 saturated heterocycles. The zero-order chi connectivity index (χ0) is 18.8. The molecule has 1 unspecified atom stereocenters. The average molecular weight is 369 g/mol. The van der Waals surface area contributed by atoms with Crippen LogP contribution in [0.2, 0.25) is 0 Å². The largest absolute Gasteiger partial charge is 0.444 e. The Kier molecular flexibility index (Phi) is 4.72. The lowest BCUT2D eigenvalue weighted by Gasteiger charge is -2.35. The van der Waals surface area contributed by atoms with Crippen LogP contribution < -0.4 is 5.32 Å². The van der Waals surface area contributed by atoms with E-state index in [0.29, 0.717) is 30.2 Å². The number of oxazole rings is 1. The number of amides is 1. The number of benzene rings is 1. The minimum atomic E-state index is -0.320. The van der Waals surface area contributed by atoms with Gasteiger partial charge in [-0.25, -0.2) is 14.4 Å². The lowest BCUT2D eigenvalue weighted by molar-refractivity contribution is -0.134. The molecule has 140 valence electrons. The first kappa shape index (κ1) is 17.4. The highest BCUT2D eigenvalue weighted by Gasteiger charge is 2.30. The van der Waals surface area contributed by atoms with Crippen molar-refractivity contribution in [3.8, 4) is 11.5 Å². The SMILES string of the molecule is Cn1ccnc1C1CNCCN1C(=O)Cc1coc(-c2ccc(F)cc2)n1. The van der Waals surface area contributed by atoms with Gasteiger partial charge in [0.25, 0.3) is 0 Å². The second-order valence-electron chi connectivity index (χ2n) is 6.53. The highest BCUT2D eigenvalue weighted by atomic mass is 19.1. The van der Waals surface area contributed by atoms with E-state index in [0.717, 1.165) is 12.4 Å². The highest BCUT2D eigenvalue weighted by Crippen LogP contribution is 2.23. The first-order chi connectivity index (χ1) is 13.1. The van der Waals surface area contributed by atoms with Gasteiger partial charge in [0.05, 0.1) is 12.1 Å². The molecule has 1 N–H and O–H groups in total. The van der Waals surface area contributed by atoms with Crippen LogP contribution in [-0.2, 0) is 18.3 Å². The maximum absolute atomic E-state index is 13.1. The van der Waals surface area contributed by atoms with Crippen molar-refractivity contribution in [1.82, 2.24) is 24.8 Å². The molecule has 0 bridgehead atoms. The number of nitrogens with zero attached hydrogens (tertiary/aromatic N) is 4. The number of nitrogens with one attached hydrogen (secondary N) is 1. The van der Waals surface area contributed by atoms with Crippen molar-refractivity contribution in [1.29, 1.82) is 0 Å². The molecule has 2 aromatic heterocycles. The average Bonchev–Trinajstić information content (AvgIpc) is 3.31. The van der Waals surface area contributed by atoms with Crippen LogP contribution in [0.5, 0.6) is 0 Å². The van der Waals surface area contributed by atoms with Crippen LogP contribution in [0.4, 0.5) is 4.39 Å². The summed E-state index contributed by atoms with van der Waals surface area (Å²) in [7, 11) is 1.92. The van der Waals surface area contributed by atoms with Gasteiger partial charge in [-0.15, -0.1) is 0 Å². The number of aromatic nitrogens is 3. The molecule has 0 spiro atoms. The normalized spacial score (nSPS) is 17.3. The molecule has 1 aliphatic heterocycles. The smallest absolute Gasteiger partial charge is 0.229 e. The third-order valence-corrected chi connectivity index (χ3v) is 4.70. The Morgan fingerprint density at radius 2 is 2.19 bits per heavy atom. The van der Waals surface area contributed by atoms with Crippen molar-refractivity contribution in [2.45, 2.75) is 12.5 Å². The van der Waals surface area contributed by atoms with Gasteiger partial charge in [-0.2, -0.15) is 0 Å². The van der Waals surface area contributed by atoms with Crippen LogP contribution in [0.25, 0.3) is 11.5 Å². The summed E-state index contributed by atoms with van der Waals surface area (Å²) in [6, 6.07) is 5.78. The number of hydrogen-bond acceptors (Lipinski definition) is 5. The second kappa shape index (κ2) is 7.32. The zero-order valence-corrected chi connectivity index (χ0v) is 14.9. The van der Waals surface area contributed by atoms with Gasteiger partial charge in [0.2, 0.25) is 11.8 Å². The van der Waals surface area contributed by atoms with Crippen molar-refractivity contribution in [3.63, 3.8) is 0 Å². The van der Waals surface area contributed by atoms with Crippen LogP contribution in [0.3, 0.4) is 0 Å². The molecule has 3 aromatic rings. The van der Waals surface area contributed by atoms with E-state index < -0.39 is 0 Å². The third kappa shape index (κ3) is 3.61. The van der Waals surface area contributed by atoms with Gasteiger partial charge in [0.15, 0.2) is 0 Å². The fourth-order valence-electron chi connectivity index (χ4n) is 3.30. The lowest BCUT2D eigenvalue weighted by atomic mass is 10.1. The summed E-state index contributed by atoms with van der Waals surface area (Å²) < 4.78 is 20.4. The second-order valence-corrected chi connectivity index (χ2v) is 6.53. The van der Waals surface area contributed by atoms with E-state index in [1.54, 1.807) is 18.3 Å². The predicted molar refractivity (Wildman–Crippen MR) is 96.1 cm³/mol. The maximum Gasteiger partial charge on any atom is 0.229 e. The Morgan fingerprint density at radius 1 is 1.37 bits per heavy atom. The van der Waals surface area contributed by atoms with Crippen LogP contribution in [0.1, 0.15) is 17.6 Å². The number of rotatable bonds is 4. The number of hydrogen-bond donors (Lipinski definition) is 1. The summed E-state index contributed by atoms with van der Waals surface area (Å²) in [5, 5.41) is 3.32. The first-order valence-corrected chi connectivity index (χ1v) is 8.79. The Morgan fingerprint density at radius 3 is 2.93 bits per heavy atom. The Labute approximate surface area is 155 Å². The van der Waals surface area contributed by atoms with Crippen LogP contribution in [0.15, 0.2) is 47.3 Å². The van der Waals surface area contributed by atoms with Gasteiger partial charge in [-0.1, -0.05) is 0 Å². The standard InChI is InChI=1S/C19H20FN5O2/c1-24-8-7-22-18(24)16-11-21-6-9-25(16)17(26)10-15-12-27-19(23-15)13-2-4-14(20)5-3-13/h2-5,7-8,12,16,21H,6,9-11H2,1H3. The molecule has 1 aromatic carbocycles. The van der Waals surface area contributed by atoms with E-state index in [1.807, 2.05) is 22.7 Å². The van der Waals surface area contributed by atoms with Crippen molar-refractivity contribution in [2.75, 3.05) is 19.6 Å². The molecule has 0 radical (unpaired) electrons. The molecule has 1 amide bonds. The zero-order valence-electron chi connectivity index (χ0n) is 14.9. The highest BCUT2D eigenvalue weighted by molar-refractivity contribution is 5.79. The van der Waals surface area contributed by atoms with E-state index in [9.17, 15) is 9.18 Å². The number of aryl methyl sites for hydroxylation is 1. The summed E-state index contributed by atoms with van der Waals surface area (Å²) in [5.74, 6) is 0.879. The Balaban J connectivity index is 1.49. The van der Waals surface area contributed by atoms with E-state index in [2.05, 4.69) is 15.3 Å². The van der Waals surface area contributed by atoms with Gasteiger partial charge in [-0.3, -0.25) is 4.79 Å². The molecule has 3 heterocycles. The summed E-state index contributed by atoms with van der Waals surface area (Å²) in [6.45, 7) is 2.02. The number of imidazole rings is 1. The van der Waals surface area contributed by atoms with Crippen molar-refractivity contribution in [2.24, 2.45) is 7.05 Å². The summed E-state index contributed by atoms with van der Waals surface area (Å²) >= 11 is 0. The molecule has 8 heteroatoms. The Bertz CT molecular complexity index is 934. The van der Waals surface area contributed by atoms with Crippen LogP contribution in [-0.4, -0.2) is 45.0 Å². The van der Waals surface area contributed by atoms with Crippen molar-refractivity contribution in [3.05, 3.63) is 60.3 Å². The van der Waals surface area contributed by atoms with E-state index in [4.69, 9.17) is 4.42 Å². The molecule has 1 aliphatic rings. The van der Waals surface area contributed by atoms with E-state index in [-0.39, 0.29) is 24.2 Å². The van der Waals surface area contributed by atoms with Crippen LogP contribution >= 0.6 is 0 Å². The van der Waals surface area contributed by atoms with Gasteiger partial charge < -0.3 is 19.2 Å². The predicted octanol–water partition coefficient (Wildman–Crippen LogP) is 1.93. The monoisotopic (exact) mass is 369 g/mol. The molecule has 1 fully saturated rings. The molecule has 27 heavy (non-hydrogen) atoms. The number of carbonyl (C=O) groups is 1. The molecule has 7 nitrogen and oxygen atoms in total. The molecule has 1 atom stereocenters. The summed E-state index contributed by atoms with van der Waals surface area (Å²) in [5.41, 5.74) is 1.22. The van der Waals surface area contributed by atoms with Gasteiger partial charge in [-0.05, 0) is 24.3 Å². The van der Waals surface area contributed by atoms with Gasteiger partial charge in [0.1, 0.15) is 23.9 Å². The fraction of sp³-hybridized carbons (Fsp3) is 0.316. The quantitative estimate of drug-likeness (QED) is 0.761. The maximum atomic E-state index is 13.1. The topological polar surface area (TPSA) is 76.2 Å². The minimum absolute atomic E-state index is 0.0246. The minimum Gasteiger partial charge on any atom is -0.444 e. The fourth-order valence-corrected chi connectivity index (χ4v) is 3.30.